The van der Waals surface area contributed by atoms with Crippen LogP contribution in [0.5, 0.6) is 0 Å². The summed E-state index contributed by atoms with van der Waals surface area (Å²) in [6, 6.07) is 16.5. The second-order valence-corrected chi connectivity index (χ2v) is 6.10. The molecule has 0 aliphatic heterocycles. The van der Waals surface area contributed by atoms with Gasteiger partial charge in [0.15, 0.2) is 0 Å². The molecule has 2 heterocycles. The van der Waals surface area contributed by atoms with Crippen molar-refractivity contribution in [1.82, 2.24) is 9.55 Å². The molecule has 1 aromatic carbocycles. The molecule has 2 aromatic heterocycles. The summed E-state index contributed by atoms with van der Waals surface area (Å²) < 4.78 is 1.60. The predicted molar refractivity (Wildman–Crippen MR) is 103 cm³/mol. The minimum absolute atomic E-state index is 0.0742. The van der Waals surface area contributed by atoms with Gasteiger partial charge in [0.1, 0.15) is 0 Å². The van der Waals surface area contributed by atoms with Crippen molar-refractivity contribution < 1.29 is 4.79 Å². The van der Waals surface area contributed by atoms with Crippen molar-refractivity contribution in [2.45, 2.75) is 26.8 Å². The van der Waals surface area contributed by atoms with Crippen LogP contribution in [0.3, 0.4) is 0 Å². The molecule has 0 radical (unpaired) electrons. The molecule has 0 saturated carbocycles. The quantitative estimate of drug-likeness (QED) is 0.762. The van der Waals surface area contributed by atoms with Gasteiger partial charge in [-0.25, -0.2) is 0 Å². The molecule has 132 valence electrons. The van der Waals surface area contributed by atoms with Crippen LogP contribution in [0.15, 0.2) is 65.6 Å². The van der Waals surface area contributed by atoms with Gasteiger partial charge in [0.2, 0.25) is 0 Å². The zero-order valence-electron chi connectivity index (χ0n) is 14.9. The van der Waals surface area contributed by atoms with Crippen molar-refractivity contribution in [3.8, 4) is 11.3 Å². The molecule has 5 heteroatoms. The molecule has 0 aliphatic rings. The van der Waals surface area contributed by atoms with E-state index in [0.717, 1.165) is 17.7 Å². The maximum absolute atomic E-state index is 12.6. The molecule has 0 unspecified atom stereocenters. The van der Waals surface area contributed by atoms with Crippen molar-refractivity contribution in [2.75, 3.05) is 5.32 Å². The van der Waals surface area contributed by atoms with Crippen LogP contribution in [0.25, 0.3) is 11.3 Å². The molecule has 26 heavy (non-hydrogen) atoms. The number of anilines is 1. The third kappa shape index (κ3) is 3.88. The maximum atomic E-state index is 12.6. The SMILES string of the molecule is CCCn1cc(NC(=O)c2ccc(-c3ccccc3)nc2C)ccc1=O. The number of aromatic nitrogens is 2. The fourth-order valence-electron chi connectivity index (χ4n) is 2.79. The number of nitrogens with zero attached hydrogens (tertiary/aromatic N) is 2. The van der Waals surface area contributed by atoms with Gasteiger partial charge in [-0.2, -0.15) is 0 Å². The Hall–Kier alpha value is -3.21. The smallest absolute Gasteiger partial charge is 0.257 e. The molecule has 1 N–H and O–H groups in total. The first-order valence-corrected chi connectivity index (χ1v) is 8.63. The molecule has 0 spiro atoms. The standard InChI is InChI=1S/C21H21N3O2/c1-3-13-24-14-17(9-12-20(24)25)23-21(26)18-10-11-19(22-15(18)2)16-7-5-4-6-8-16/h4-12,14H,3,13H2,1-2H3,(H,23,26). The summed E-state index contributed by atoms with van der Waals surface area (Å²) in [5.74, 6) is -0.240. The fraction of sp³-hybridized carbons (Fsp3) is 0.190. The molecular formula is C21H21N3O2. The van der Waals surface area contributed by atoms with Gasteiger partial charge in [-0.15, -0.1) is 0 Å². The van der Waals surface area contributed by atoms with Gasteiger partial charge in [-0.1, -0.05) is 37.3 Å². The first-order chi connectivity index (χ1) is 12.6. The van der Waals surface area contributed by atoms with E-state index in [0.29, 0.717) is 23.5 Å². The third-order valence-electron chi connectivity index (χ3n) is 4.11. The molecule has 0 aliphatic carbocycles. The highest BCUT2D eigenvalue weighted by molar-refractivity contribution is 6.05. The summed E-state index contributed by atoms with van der Waals surface area (Å²) in [5.41, 5.74) is 3.53. The summed E-state index contributed by atoms with van der Waals surface area (Å²) >= 11 is 0. The van der Waals surface area contributed by atoms with E-state index in [1.165, 1.54) is 6.07 Å². The zero-order valence-corrected chi connectivity index (χ0v) is 14.9. The monoisotopic (exact) mass is 347 g/mol. The van der Waals surface area contributed by atoms with E-state index in [1.54, 1.807) is 22.9 Å². The van der Waals surface area contributed by atoms with Crippen LogP contribution in [0.4, 0.5) is 5.69 Å². The minimum Gasteiger partial charge on any atom is -0.321 e. The first kappa shape index (κ1) is 17.6. The number of hydrogen-bond acceptors (Lipinski definition) is 3. The third-order valence-corrected chi connectivity index (χ3v) is 4.11. The van der Waals surface area contributed by atoms with E-state index >= 15 is 0 Å². The molecule has 3 aromatic rings. The van der Waals surface area contributed by atoms with Gasteiger partial charge in [0, 0.05) is 24.4 Å². The topological polar surface area (TPSA) is 64.0 Å². The van der Waals surface area contributed by atoms with Gasteiger partial charge in [-0.05, 0) is 31.5 Å². The number of carbonyl (C=O) groups excluding carboxylic acids is 1. The molecule has 0 bridgehead atoms. The lowest BCUT2D eigenvalue weighted by Gasteiger charge is -2.11. The van der Waals surface area contributed by atoms with Crippen molar-refractivity contribution in [3.05, 3.63) is 82.4 Å². The Morgan fingerprint density at radius 3 is 2.54 bits per heavy atom. The van der Waals surface area contributed by atoms with Crippen LogP contribution in [-0.4, -0.2) is 15.5 Å². The van der Waals surface area contributed by atoms with Gasteiger partial charge in [0.05, 0.1) is 22.6 Å². The lowest BCUT2D eigenvalue weighted by atomic mass is 10.1. The highest BCUT2D eigenvalue weighted by Gasteiger charge is 2.12. The Morgan fingerprint density at radius 2 is 1.85 bits per heavy atom. The number of aryl methyl sites for hydroxylation is 2. The lowest BCUT2D eigenvalue weighted by molar-refractivity contribution is 0.102. The van der Waals surface area contributed by atoms with Crippen LogP contribution in [0.1, 0.15) is 29.4 Å². The number of hydrogen-bond donors (Lipinski definition) is 1. The normalized spacial score (nSPS) is 10.5. The zero-order chi connectivity index (χ0) is 18.5. The van der Waals surface area contributed by atoms with E-state index in [4.69, 9.17) is 0 Å². The molecule has 0 fully saturated rings. The van der Waals surface area contributed by atoms with E-state index < -0.39 is 0 Å². The van der Waals surface area contributed by atoms with Crippen LogP contribution in [-0.2, 0) is 6.54 Å². The van der Waals surface area contributed by atoms with E-state index in [2.05, 4.69) is 10.3 Å². The largest absolute Gasteiger partial charge is 0.321 e. The second-order valence-electron chi connectivity index (χ2n) is 6.10. The van der Waals surface area contributed by atoms with E-state index in [-0.39, 0.29) is 11.5 Å². The summed E-state index contributed by atoms with van der Waals surface area (Å²) in [7, 11) is 0. The Labute approximate surface area is 152 Å². The van der Waals surface area contributed by atoms with Crippen molar-refractivity contribution >= 4 is 11.6 Å². The molecular weight excluding hydrogens is 326 g/mol. The average molecular weight is 347 g/mol. The Balaban J connectivity index is 1.82. The number of benzene rings is 1. The molecule has 1 amide bonds. The van der Waals surface area contributed by atoms with Gasteiger partial charge in [-0.3, -0.25) is 14.6 Å². The van der Waals surface area contributed by atoms with Gasteiger partial charge in [0.25, 0.3) is 11.5 Å². The average Bonchev–Trinajstić information content (AvgIpc) is 2.65. The van der Waals surface area contributed by atoms with Crippen LogP contribution in [0, 0.1) is 6.92 Å². The fourth-order valence-corrected chi connectivity index (χ4v) is 2.79. The molecule has 5 nitrogen and oxygen atoms in total. The minimum atomic E-state index is -0.240. The Kier molecular flexibility index (Phi) is 5.27. The number of amides is 1. The Bertz CT molecular complexity index is 978. The van der Waals surface area contributed by atoms with Crippen LogP contribution < -0.4 is 10.9 Å². The van der Waals surface area contributed by atoms with Gasteiger partial charge >= 0.3 is 0 Å². The molecule has 0 saturated heterocycles. The molecule has 0 atom stereocenters. The van der Waals surface area contributed by atoms with E-state index in [1.807, 2.05) is 50.2 Å². The number of carbonyl (C=O) groups is 1. The van der Waals surface area contributed by atoms with Crippen molar-refractivity contribution in [1.29, 1.82) is 0 Å². The summed E-state index contributed by atoms with van der Waals surface area (Å²) in [6.07, 6.45) is 2.52. The van der Waals surface area contributed by atoms with Crippen LogP contribution in [0.2, 0.25) is 0 Å². The predicted octanol–water partition coefficient (Wildman–Crippen LogP) is 3.88. The van der Waals surface area contributed by atoms with Crippen molar-refractivity contribution in [2.24, 2.45) is 0 Å². The summed E-state index contributed by atoms with van der Waals surface area (Å²) in [5, 5.41) is 2.85. The maximum Gasteiger partial charge on any atom is 0.257 e. The lowest BCUT2D eigenvalue weighted by Crippen LogP contribution is -2.21. The highest BCUT2D eigenvalue weighted by atomic mass is 16.1. The van der Waals surface area contributed by atoms with E-state index in [9.17, 15) is 9.59 Å². The Morgan fingerprint density at radius 1 is 1.08 bits per heavy atom. The first-order valence-electron chi connectivity index (χ1n) is 8.63. The second kappa shape index (κ2) is 7.78. The molecule has 3 rings (SSSR count). The van der Waals surface area contributed by atoms with Crippen LogP contribution >= 0.6 is 0 Å². The van der Waals surface area contributed by atoms with Crippen molar-refractivity contribution in [3.63, 3.8) is 0 Å². The summed E-state index contributed by atoms with van der Waals surface area (Å²) in [4.78, 5) is 28.9. The number of pyridine rings is 2. The highest BCUT2D eigenvalue weighted by Crippen LogP contribution is 2.19. The number of rotatable bonds is 5. The van der Waals surface area contributed by atoms with Gasteiger partial charge < -0.3 is 9.88 Å². The summed E-state index contributed by atoms with van der Waals surface area (Å²) in [6.45, 7) is 4.44. The number of nitrogens with one attached hydrogen (secondary N) is 1.